The van der Waals surface area contributed by atoms with Crippen LogP contribution in [0.2, 0.25) is 0 Å². The third kappa shape index (κ3) is 2.70. The fourth-order valence-corrected chi connectivity index (χ4v) is 5.11. The summed E-state index contributed by atoms with van der Waals surface area (Å²) in [7, 11) is 3.97. The van der Waals surface area contributed by atoms with E-state index in [1.807, 2.05) is 18.0 Å². The van der Waals surface area contributed by atoms with Gasteiger partial charge in [0.25, 0.3) is 0 Å². The van der Waals surface area contributed by atoms with Crippen LogP contribution >= 0.6 is 11.3 Å². The Kier molecular flexibility index (Phi) is 4.32. The number of likely N-dealkylation sites (N-methyl/N-ethyl adjacent to an activating group) is 2. The summed E-state index contributed by atoms with van der Waals surface area (Å²) in [5.41, 5.74) is 0.141. The van der Waals surface area contributed by atoms with E-state index >= 15 is 0 Å². The van der Waals surface area contributed by atoms with Crippen LogP contribution < -0.4 is 0 Å². The minimum absolute atomic E-state index is 0.141. The predicted octanol–water partition coefficient (Wildman–Crippen LogP) is 2.45. The topological polar surface area (TPSA) is 32.8 Å². The number of carbonyl (C=O) groups is 1. The van der Waals surface area contributed by atoms with E-state index in [9.17, 15) is 4.79 Å². The molecule has 3 rings (SSSR count). The third-order valence-corrected chi connectivity index (χ3v) is 6.16. The van der Waals surface area contributed by atoms with Crippen molar-refractivity contribution in [3.8, 4) is 0 Å². The van der Waals surface area contributed by atoms with Crippen LogP contribution in [-0.2, 0) is 16.1 Å². The molecule has 1 saturated carbocycles. The molecule has 2 heterocycles. The van der Waals surface area contributed by atoms with Gasteiger partial charge in [-0.3, -0.25) is 9.69 Å². The predicted molar refractivity (Wildman–Crippen MR) is 88.8 cm³/mol. The molecule has 0 radical (unpaired) electrons. The maximum atomic E-state index is 12.5. The summed E-state index contributed by atoms with van der Waals surface area (Å²) in [6, 6.07) is 4.55. The summed E-state index contributed by atoms with van der Waals surface area (Å²) < 4.78 is 5.85. The van der Waals surface area contributed by atoms with Crippen LogP contribution in [0.4, 0.5) is 0 Å². The molecule has 122 valence electrons. The summed E-state index contributed by atoms with van der Waals surface area (Å²) in [6.45, 7) is 6.59. The number of rotatable bonds is 5. The van der Waals surface area contributed by atoms with Crippen molar-refractivity contribution in [2.45, 2.75) is 39.0 Å². The number of ether oxygens (including phenoxy) is 1. The Morgan fingerprint density at radius 2 is 2.23 bits per heavy atom. The SMILES string of the molecule is CN(Cc1cccs1)C(=O)CN(C)[C@@H]1[C@H]2CCO[C@@H]2C1(C)C. The molecule has 4 nitrogen and oxygen atoms in total. The van der Waals surface area contributed by atoms with Gasteiger partial charge >= 0.3 is 0 Å². The van der Waals surface area contributed by atoms with Gasteiger partial charge in [0.1, 0.15) is 0 Å². The highest BCUT2D eigenvalue weighted by atomic mass is 32.1. The van der Waals surface area contributed by atoms with Crippen molar-refractivity contribution in [3.63, 3.8) is 0 Å². The molecule has 22 heavy (non-hydrogen) atoms. The molecule has 0 N–H and O–H groups in total. The Bertz CT molecular complexity index is 529. The Labute approximate surface area is 137 Å². The zero-order valence-electron chi connectivity index (χ0n) is 13.9. The second-order valence-corrected chi connectivity index (χ2v) is 8.29. The van der Waals surface area contributed by atoms with Crippen molar-refractivity contribution in [3.05, 3.63) is 22.4 Å². The first-order valence-electron chi connectivity index (χ1n) is 7.99. The van der Waals surface area contributed by atoms with Gasteiger partial charge in [-0.1, -0.05) is 19.9 Å². The van der Waals surface area contributed by atoms with Crippen LogP contribution in [0.5, 0.6) is 0 Å². The van der Waals surface area contributed by atoms with E-state index in [0.717, 1.165) is 13.0 Å². The molecular weight excluding hydrogens is 296 g/mol. The molecule has 0 bridgehead atoms. The van der Waals surface area contributed by atoms with Gasteiger partial charge < -0.3 is 9.64 Å². The number of hydrogen-bond donors (Lipinski definition) is 0. The number of nitrogens with zero attached hydrogens (tertiary/aromatic N) is 2. The molecule has 0 spiro atoms. The number of fused-ring (bicyclic) bond motifs is 1. The van der Waals surface area contributed by atoms with E-state index in [-0.39, 0.29) is 11.3 Å². The quantitative estimate of drug-likeness (QED) is 0.835. The monoisotopic (exact) mass is 322 g/mol. The highest BCUT2D eigenvalue weighted by Gasteiger charge is 2.60. The molecule has 1 aliphatic carbocycles. The van der Waals surface area contributed by atoms with E-state index in [1.165, 1.54) is 4.88 Å². The second kappa shape index (κ2) is 5.95. The minimum Gasteiger partial charge on any atom is -0.377 e. The first-order chi connectivity index (χ1) is 10.4. The van der Waals surface area contributed by atoms with Crippen LogP contribution in [0.3, 0.4) is 0 Å². The number of hydrogen-bond acceptors (Lipinski definition) is 4. The largest absolute Gasteiger partial charge is 0.377 e. The van der Waals surface area contributed by atoms with Crippen molar-refractivity contribution in [2.75, 3.05) is 27.2 Å². The first-order valence-corrected chi connectivity index (χ1v) is 8.87. The van der Waals surface area contributed by atoms with Gasteiger partial charge in [-0.25, -0.2) is 0 Å². The standard InChI is InChI=1S/C17H26N2O2S/c1-17(2)15(13-7-8-21-16(13)17)19(4)11-14(20)18(3)10-12-6-5-9-22-12/h5-6,9,13,15-16H,7-8,10-11H2,1-4H3/t13-,15-,16+/m1/s1. The van der Waals surface area contributed by atoms with E-state index in [2.05, 4.69) is 37.2 Å². The zero-order chi connectivity index (χ0) is 15.9. The van der Waals surface area contributed by atoms with Gasteiger partial charge in [-0.05, 0) is 24.9 Å². The van der Waals surface area contributed by atoms with Crippen molar-refractivity contribution in [1.29, 1.82) is 0 Å². The van der Waals surface area contributed by atoms with Gasteiger partial charge in [-0.15, -0.1) is 11.3 Å². The maximum absolute atomic E-state index is 12.5. The minimum atomic E-state index is 0.141. The second-order valence-electron chi connectivity index (χ2n) is 7.25. The Morgan fingerprint density at radius 1 is 1.45 bits per heavy atom. The molecule has 3 atom stereocenters. The van der Waals surface area contributed by atoms with E-state index in [4.69, 9.17) is 4.74 Å². The molecule has 0 unspecified atom stereocenters. The normalized spacial score (nSPS) is 29.2. The molecule has 1 aromatic heterocycles. The molecule has 0 aromatic carbocycles. The molecule has 1 amide bonds. The van der Waals surface area contributed by atoms with Gasteiger partial charge in [-0.2, -0.15) is 0 Å². The summed E-state index contributed by atoms with van der Waals surface area (Å²) in [4.78, 5) is 17.8. The molecule has 5 heteroatoms. The van der Waals surface area contributed by atoms with E-state index in [0.29, 0.717) is 31.2 Å². The van der Waals surface area contributed by atoms with Crippen LogP contribution in [0.25, 0.3) is 0 Å². The van der Waals surface area contributed by atoms with Crippen molar-refractivity contribution in [1.82, 2.24) is 9.80 Å². The lowest BCUT2D eigenvalue weighted by atomic mass is 9.57. The molecule has 2 fully saturated rings. The number of amides is 1. The zero-order valence-corrected chi connectivity index (χ0v) is 14.7. The highest BCUT2D eigenvalue weighted by molar-refractivity contribution is 7.09. The lowest BCUT2D eigenvalue weighted by molar-refractivity contribution is -0.157. The van der Waals surface area contributed by atoms with Crippen LogP contribution in [0.1, 0.15) is 25.1 Å². The van der Waals surface area contributed by atoms with Gasteiger partial charge in [0.05, 0.1) is 19.2 Å². The summed E-state index contributed by atoms with van der Waals surface area (Å²) in [6.07, 6.45) is 1.50. The van der Waals surface area contributed by atoms with Gasteiger partial charge in [0, 0.05) is 35.9 Å². The van der Waals surface area contributed by atoms with Crippen LogP contribution in [-0.4, -0.2) is 55.1 Å². The highest BCUT2D eigenvalue weighted by Crippen LogP contribution is 2.54. The van der Waals surface area contributed by atoms with Gasteiger partial charge in [0.15, 0.2) is 0 Å². The van der Waals surface area contributed by atoms with Crippen LogP contribution in [0.15, 0.2) is 17.5 Å². The Morgan fingerprint density at radius 3 is 2.91 bits per heavy atom. The number of thiophene rings is 1. The van der Waals surface area contributed by atoms with Gasteiger partial charge in [0.2, 0.25) is 5.91 Å². The summed E-state index contributed by atoms with van der Waals surface area (Å²) >= 11 is 1.70. The summed E-state index contributed by atoms with van der Waals surface area (Å²) in [5.74, 6) is 0.782. The van der Waals surface area contributed by atoms with Crippen molar-refractivity contribution in [2.24, 2.45) is 11.3 Å². The molecular formula is C17H26N2O2S. The van der Waals surface area contributed by atoms with E-state index < -0.39 is 0 Å². The number of carbonyl (C=O) groups excluding carboxylic acids is 1. The lowest BCUT2D eigenvalue weighted by Crippen LogP contribution is -2.66. The van der Waals surface area contributed by atoms with Crippen molar-refractivity contribution < 1.29 is 9.53 Å². The lowest BCUT2D eigenvalue weighted by Gasteiger charge is -2.57. The van der Waals surface area contributed by atoms with Crippen molar-refractivity contribution >= 4 is 17.2 Å². The average molecular weight is 322 g/mol. The van der Waals surface area contributed by atoms with Crippen LogP contribution in [0, 0.1) is 11.3 Å². The average Bonchev–Trinajstić information content (AvgIpc) is 3.08. The fourth-order valence-electron chi connectivity index (χ4n) is 4.35. The smallest absolute Gasteiger partial charge is 0.236 e. The third-order valence-electron chi connectivity index (χ3n) is 5.30. The Balaban J connectivity index is 1.57. The maximum Gasteiger partial charge on any atom is 0.236 e. The molecule has 1 aromatic rings. The first kappa shape index (κ1) is 16.0. The fraction of sp³-hybridized carbons (Fsp3) is 0.706. The molecule has 1 aliphatic heterocycles. The van der Waals surface area contributed by atoms with E-state index in [1.54, 1.807) is 11.3 Å². The molecule has 1 saturated heterocycles. The molecule has 2 aliphatic rings. The Hall–Kier alpha value is -0.910. The summed E-state index contributed by atoms with van der Waals surface area (Å²) in [5, 5.41) is 2.05.